The highest BCUT2D eigenvalue weighted by Crippen LogP contribution is 2.35. The number of nitrogens with one attached hydrogen (secondary N) is 2. The van der Waals surface area contributed by atoms with Crippen LogP contribution in [0.2, 0.25) is 0 Å². The lowest BCUT2D eigenvalue weighted by Crippen LogP contribution is -2.45. The molecule has 2 aliphatic heterocycles. The number of alkyl halides is 3. The second kappa shape index (κ2) is 14.7. The summed E-state index contributed by atoms with van der Waals surface area (Å²) in [6, 6.07) is 11.2. The SMILES string of the molecule is CCN1CCN(Cc2ccc(NC(=O)Nc3ccc(C#Cc4cnc(N)nc4-c4cc5c(n4C)CCN(C(=O)O)C5=O)cc3)cc2C(F)(F)F)CC1. The van der Waals surface area contributed by atoms with Gasteiger partial charge in [-0.1, -0.05) is 24.8 Å². The smallest absolute Gasteiger partial charge is 0.416 e. The molecular formula is C36H36F3N9O4. The zero-order valence-electron chi connectivity index (χ0n) is 28.4. The Morgan fingerprint density at radius 2 is 1.63 bits per heavy atom. The summed E-state index contributed by atoms with van der Waals surface area (Å²) in [5, 5.41) is 14.5. The maximum atomic E-state index is 14.0. The number of aromatic nitrogens is 3. The van der Waals surface area contributed by atoms with Crippen LogP contribution >= 0.6 is 0 Å². The van der Waals surface area contributed by atoms with Crippen LogP contribution in [0.25, 0.3) is 11.4 Å². The Bertz CT molecular complexity index is 2080. The van der Waals surface area contributed by atoms with E-state index in [1.54, 1.807) is 41.9 Å². The Labute approximate surface area is 297 Å². The highest BCUT2D eigenvalue weighted by Gasteiger charge is 2.35. The van der Waals surface area contributed by atoms with Gasteiger partial charge in [0.05, 0.1) is 22.4 Å². The molecule has 2 aromatic heterocycles. The maximum absolute atomic E-state index is 14.0. The minimum absolute atomic E-state index is 0.0102. The van der Waals surface area contributed by atoms with Crippen LogP contribution in [0, 0.1) is 11.8 Å². The number of piperazine rings is 1. The predicted octanol–water partition coefficient (Wildman–Crippen LogP) is 4.94. The van der Waals surface area contributed by atoms with Gasteiger partial charge in [0.25, 0.3) is 5.91 Å². The number of imide groups is 1. The van der Waals surface area contributed by atoms with Crippen LogP contribution in [0.1, 0.15) is 45.2 Å². The quantitative estimate of drug-likeness (QED) is 0.203. The Morgan fingerprint density at radius 1 is 0.962 bits per heavy atom. The number of urea groups is 1. The van der Waals surface area contributed by atoms with Gasteiger partial charge in [-0.2, -0.15) is 13.2 Å². The number of carboxylic acid groups (broad SMARTS) is 1. The van der Waals surface area contributed by atoms with Gasteiger partial charge in [-0.3, -0.25) is 9.69 Å². The van der Waals surface area contributed by atoms with Gasteiger partial charge in [0, 0.05) is 81.6 Å². The van der Waals surface area contributed by atoms with Crippen LogP contribution in [0.4, 0.5) is 40.1 Å². The number of halogens is 3. The number of nitrogens with zero attached hydrogens (tertiary/aromatic N) is 6. The summed E-state index contributed by atoms with van der Waals surface area (Å²) in [5.74, 6) is 5.39. The number of amides is 4. The molecule has 4 amide bonds. The van der Waals surface area contributed by atoms with Gasteiger partial charge in [-0.15, -0.1) is 0 Å². The molecule has 16 heteroatoms. The van der Waals surface area contributed by atoms with E-state index in [0.717, 1.165) is 30.6 Å². The number of hydrogen-bond acceptors (Lipinski definition) is 8. The lowest BCUT2D eigenvalue weighted by molar-refractivity contribution is -0.138. The number of benzene rings is 2. The van der Waals surface area contributed by atoms with E-state index >= 15 is 0 Å². The van der Waals surface area contributed by atoms with E-state index in [2.05, 4.69) is 44.3 Å². The first kappa shape index (κ1) is 35.9. The Morgan fingerprint density at radius 3 is 2.31 bits per heavy atom. The van der Waals surface area contributed by atoms with Gasteiger partial charge in [-0.25, -0.2) is 24.5 Å². The number of nitrogen functional groups attached to an aromatic ring is 1. The Balaban J connectivity index is 1.13. The lowest BCUT2D eigenvalue weighted by atomic mass is 10.0. The molecule has 1 fully saturated rings. The molecule has 6 rings (SSSR count). The van der Waals surface area contributed by atoms with Crippen molar-refractivity contribution in [3.63, 3.8) is 0 Å². The number of anilines is 3. The molecule has 52 heavy (non-hydrogen) atoms. The minimum Gasteiger partial charge on any atom is -0.465 e. The van der Waals surface area contributed by atoms with Crippen molar-refractivity contribution in [3.8, 4) is 23.2 Å². The highest BCUT2D eigenvalue weighted by molar-refractivity contribution is 6.05. The lowest BCUT2D eigenvalue weighted by Gasteiger charge is -2.34. The first-order valence-corrected chi connectivity index (χ1v) is 16.5. The van der Waals surface area contributed by atoms with Crippen molar-refractivity contribution in [2.45, 2.75) is 26.1 Å². The number of hydrogen-bond donors (Lipinski definition) is 4. The molecule has 0 aliphatic carbocycles. The van der Waals surface area contributed by atoms with Gasteiger partial charge in [0.2, 0.25) is 5.95 Å². The number of likely N-dealkylation sites (N-methyl/N-ethyl adjacent to an activating group) is 1. The summed E-state index contributed by atoms with van der Waals surface area (Å²) in [7, 11) is 1.75. The van der Waals surface area contributed by atoms with Gasteiger partial charge >= 0.3 is 18.3 Å². The van der Waals surface area contributed by atoms with Gasteiger partial charge < -0.3 is 30.9 Å². The number of carbonyl (C=O) groups is 3. The maximum Gasteiger partial charge on any atom is 0.416 e. The van der Waals surface area contributed by atoms with Crippen LogP contribution in [0.5, 0.6) is 0 Å². The highest BCUT2D eigenvalue weighted by atomic mass is 19.4. The molecule has 4 aromatic rings. The number of rotatable bonds is 6. The van der Waals surface area contributed by atoms with Crippen LogP contribution in [-0.4, -0.2) is 91.6 Å². The fourth-order valence-electron chi connectivity index (χ4n) is 6.32. The first-order chi connectivity index (χ1) is 24.8. The number of carbonyl (C=O) groups excluding carboxylic acids is 2. The fraction of sp³-hybridized carbons (Fsp3) is 0.306. The van der Waals surface area contributed by atoms with E-state index in [9.17, 15) is 32.7 Å². The Kier molecular flexibility index (Phi) is 10.2. The van der Waals surface area contributed by atoms with Crippen LogP contribution in [0.15, 0.2) is 54.7 Å². The molecular weight excluding hydrogens is 679 g/mol. The van der Waals surface area contributed by atoms with E-state index in [0.29, 0.717) is 53.4 Å². The summed E-state index contributed by atoms with van der Waals surface area (Å²) in [6.07, 6.45) is -4.12. The summed E-state index contributed by atoms with van der Waals surface area (Å²) >= 11 is 0. The zero-order chi connectivity index (χ0) is 37.2. The fourth-order valence-corrected chi connectivity index (χ4v) is 6.32. The standard InChI is InChI=1S/C36H36F3N9O4/c1-3-46-14-16-47(17-15-46)21-24-8-11-26(18-28(24)36(37,38)39)43-34(50)42-25-9-5-22(6-10-25)4-7-23-20-41-33(40)44-31(23)30-19-27-29(45(30)2)12-13-48(32(27)49)35(51)52/h5-6,8-11,18-20H,3,12-17,21H2,1-2H3,(H,51,52)(H2,40,41,44)(H2,42,43,50). The van der Waals surface area contributed by atoms with E-state index < -0.39 is 29.8 Å². The first-order valence-electron chi connectivity index (χ1n) is 16.5. The van der Waals surface area contributed by atoms with Crippen LogP contribution < -0.4 is 16.4 Å². The molecule has 13 nitrogen and oxygen atoms in total. The van der Waals surface area contributed by atoms with Crippen molar-refractivity contribution in [2.75, 3.05) is 55.6 Å². The molecule has 0 unspecified atom stereocenters. The molecule has 1 saturated heterocycles. The molecule has 4 heterocycles. The van der Waals surface area contributed by atoms with E-state index in [1.165, 1.54) is 18.3 Å². The van der Waals surface area contributed by atoms with Crippen LogP contribution in [-0.2, 0) is 26.2 Å². The summed E-state index contributed by atoms with van der Waals surface area (Å²) in [6.45, 7) is 6.16. The number of fused-ring (bicyclic) bond motifs is 1. The number of nitrogens with two attached hydrogens (primary N) is 1. The molecule has 0 bridgehead atoms. The normalized spacial score (nSPS) is 15.1. The molecule has 0 spiro atoms. The third-order valence-corrected chi connectivity index (χ3v) is 9.15. The molecule has 270 valence electrons. The second-order valence-corrected chi connectivity index (χ2v) is 12.4. The largest absolute Gasteiger partial charge is 0.465 e. The molecule has 5 N–H and O–H groups in total. The molecule has 0 radical (unpaired) electrons. The van der Waals surface area contributed by atoms with E-state index in [1.807, 2.05) is 4.90 Å². The molecule has 0 saturated carbocycles. The summed E-state index contributed by atoms with van der Waals surface area (Å²) in [5.41, 5.74) is 8.40. The van der Waals surface area contributed by atoms with Crippen molar-refractivity contribution < 1.29 is 32.7 Å². The van der Waals surface area contributed by atoms with E-state index in [4.69, 9.17) is 5.73 Å². The molecule has 2 aromatic carbocycles. The van der Waals surface area contributed by atoms with Gasteiger partial charge in [0.1, 0.15) is 5.69 Å². The second-order valence-electron chi connectivity index (χ2n) is 12.4. The Hall–Kier alpha value is -5.92. The summed E-state index contributed by atoms with van der Waals surface area (Å²) < 4.78 is 43.8. The average Bonchev–Trinajstić information content (AvgIpc) is 3.45. The average molecular weight is 716 g/mol. The topological polar surface area (TPSA) is 162 Å². The predicted molar refractivity (Wildman–Crippen MR) is 188 cm³/mol. The van der Waals surface area contributed by atoms with Gasteiger partial charge in [0.15, 0.2) is 0 Å². The molecule has 2 aliphatic rings. The monoisotopic (exact) mass is 715 g/mol. The van der Waals surface area contributed by atoms with Crippen LogP contribution in [0.3, 0.4) is 0 Å². The zero-order valence-corrected chi connectivity index (χ0v) is 28.4. The van der Waals surface area contributed by atoms with Crippen molar-refractivity contribution in [1.82, 2.24) is 29.2 Å². The van der Waals surface area contributed by atoms with Crippen molar-refractivity contribution in [3.05, 3.63) is 88.2 Å². The third kappa shape index (κ3) is 7.85. The van der Waals surface area contributed by atoms with Gasteiger partial charge in [-0.05, 0) is 54.6 Å². The summed E-state index contributed by atoms with van der Waals surface area (Å²) in [4.78, 5) is 50.5. The van der Waals surface area contributed by atoms with E-state index in [-0.39, 0.29) is 35.9 Å². The van der Waals surface area contributed by atoms with Crippen molar-refractivity contribution in [2.24, 2.45) is 7.05 Å². The molecule has 0 atom stereocenters. The minimum atomic E-state index is -4.59. The van der Waals surface area contributed by atoms with Crippen molar-refractivity contribution >= 4 is 35.4 Å². The third-order valence-electron chi connectivity index (χ3n) is 9.15. The van der Waals surface area contributed by atoms with Crippen molar-refractivity contribution in [1.29, 1.82) is 0 Å².